The fourth-order valence-corrected chi connectivity index (χ4v) is 1.85. The van der Waals surface area contributed by atoms with Crippen LogP contribution in [0.5, 0.6) is 0 Å². The molecule has 0 spiro atoms. The monoisotopic (exact) mass is 238 g/mol. The van der Waals surface area contributed by atoms with Crippen molar-refractivity contribution >= 4 is 5.78 Å². The Morgan fingerprint density at radius 2 is 2.24 bits per heavy atom. The number of aromatic nitrogens is 2. The van der Waals surface area contributed by atoms with E-state index in [2.05, 4.69) is 5.10 Å². The van der Waals surface area contributed by atoms with Gasteiger partial charge in [0, 0.05) is 26.3 Å². The largest absolute Gasteiger partial charge is 0.370 e. The first-order valence-corrected chi connectivity index (χ1v) is 6.16. The number of rotatable bonds is 7. The average molecular weight is 238 g/mol. The van der Waals surface area contributed by atoms with Crippen LogP contribution in [0.15, 0.2) is 12.4 Å². The molecule has 1 atom stereocenters. The van der Waals surface area contributed by atoms with Gasteiger partial charge in [0.15, 0.2) is 5.78 Å². The quantitative estimate of drug-likeness (QED) is 0.729. The van der Waals surface area contributed by atoms with E-state index in [4.69, 9.17) is 4.74 Å². The highest BCUT2D eigenvalue weighted by atomic mass is 16.5. The van der Waals surface area contributed by atoms with Crippen molar-refractivity contribution in [3.63, 3.8) is 0 Å². The van der Waals surface area contributed by atoms with Gasteiger partial charge >= 0.3 is 0 Å². The number of hydrogen-bond acceptors (Lipinski definition) is 3. The summed E-state index contributed by atoms with van der Waals surface area (Å²) in [5.74, 6) is 0.419. The minimum atomic E-state index is -0.267. The van der Waals surface area contributed by atoms with E-state index in [0.29, 0.717) is 13.0 Å². The minimum Gasteiger partial charge on any atom is -0.370 e. The molecule has 0 saturated heterocycles. The summed E-state index contributed by atoms with van der Waals surface area (Å²) in [5, 5.41) is 4.08. The fourth-order valence-electron chi connectivity index (χ4n) is 1.85. The van der Waals surface area contributed by atoms with Gasteiger partial charge in [-0.05, 0) is 24.8 Å². The second-order valence-corrected chi connectivity index (χ2v) is 4.61. The molecule has 1 rings (SSSR count). The number of ether oxygens (including phenoxy) is 1. The van der Waals surface area contributed by atoms with Crippen molar-refractivity contribution < 1.29 is 9.53 Å². The summed E-state index contributed by atoms with van der Waals surface area (Å²) in [7, 11) is 1.88. The Morgan fingerprint density at radius 1 is 1.53 bits per heavy atom. The van der Waals surface area contributed by atoms with E-state index in [-0.39, 0.29) is 17.8 Å². The van der Waals surface area contributed by atoms with E-state index < -0.39 is 0 Å². The molecule has 4 heteroatoms. The van der Waals surface area contributed by atoms with Crippen LogP contribution >= 0.6 is 0 Å². The van der Waals surface area contributed by atoms with Crippen LogP contribution in [-0.2, 0) is 23.0 Å². The van der Waals surface area contributed by atoms with E-state index in [1.807, 2.05) is 34.0 Å². The molecule has 17 heavy (non-hydrogen) atoms. The predicted octanol–water partition coefficient (Wildman–Crippen LogP) is 1.98. The van der Waals surface area contributed by atoms with Crippen LogP contribution in [0, 0.1) is 5.92 Å². The molecule has 0 amide bonds. The maximum Gasteiger partial charge on any atom is 0.162 e. The molecule has 96 valence electrons. The van der Waals surface area contributed by atoms with E-state index >= 15 is 0 Å². The Balaban J connectivity index is 2.47. The van der Waals surface area contributed by atoms with E-state index in [1.165, 1.54) is 0 Å². The third-order valence-corrected chi connectivity index (χ3v) is 2.69. The molecular formula is C13H22N2O2. The number of nitrogens with zero attached hydrogens (tertiary/aromatic N) is 2. The standard InChI is InChI=1S/C13H22N2O2/c1-5-17-13(10(2)3)12(16)7-6-11-8-14-15(4)9-11/h8-10,13H,5-7H2,1-4H3. The molecule has 0 aliphatic heterocycles. The third-order valence-electron chi connectivity index (χ3n) is 2.69. The number of Topliss-reactive ketones (excluding diaryl/α,β-unsaturated/α-hetero) is 1. The lowest BCUT2D eigenvalue weighted by Crippen LogP contribution is -2.30. The van der Waals surface area contributed by atoms with Gasteiger partial charge in [-0.3, -0.25) is 9.48 Å². The van der Waals surface area contributed by atoms with Gasteiger partial charge in [0.2, 0.25) is 0 Å². The molecule has 1 aromatic rings. The summed E-state index contributed by atoms with van der Waals surface area (Å²) < 4.78 is 7.24. The van der Waals surface area contributed by atoms with Crippen molar-refractivity contribution in [3.05, 3.63) is 18.0 Å². The van der Waals surface area contributed by atoms with Crippen LogP contribution in [0.4, 0.5) is 0 Å². The molecule has 0 bridgehead atoms. The average Bonchev–Trinajstić information content (AvgIpc) is 2.68. The number of hydrogen-bond donors (Lipinski definition) is 0. The van der Waals surface area contributed by atoms with Gasteiger partial charge in [-0.25, -0.2) is 0 Å². The second-order valence-electron chi connectivity index (χ2n) is 4.61. The lowest BCUT2D eigenvalue weighted by atomic mass is 9.98. The lowest BCUT2D eigenvalue weighted by molar-refractivity contribution is -0.133. The Labute approximate surface area is 103 Å². The predicted molar refractivity (Wildman–Crippen MR) is 66.8 cm³/mol. The zero-order valence-corrected chi connectivity index (χ0v) is 11.1. The fraction of sp³-hybridized carbons (Fsp3) is 0.692. The van der Waals surface area contributed by atoms with Crippen molar-refractivity contribution in [3.8, 4) is 0 Å². The summed E-state index contributed by atoms with van der Waals surface area (Å²) in [6.45, 7) is 6.54. The van der Waals surface area contributed by atoms with Gasteiger partial charge in [-0.2, -0.15) is 5.10 Å². The summed E-state index contributed by atoms with van der Waals surface area (Å²) in [4.78, 5) is 12.0. The normalized spacial score (nSPS) is 13.0. The van der Waals surface area contributed by atoms with Gasteiger partial charge in [0.1, 0.15) is 6.10 Å². The summed E-state index contributed by atoms with van der Waals surface area (Å²) >= 11 is 0. The highest BCUT2D eigenvalue weighted by Crippen LogP contribution is 2.12. The first kappa shape index (κ1) is 13.9. The molecule has 1 unspecified atom stereocenters. The summed E-state index contributed by atoms with van der Waals surface area (Å²) in [6, 6.07) is 0. The van der Waals surface area contributed by atoms with Crippen molar-refractivity contribution in [2.24, 2.45) is 13.0 Å². The van der Waals surface area contributed by atoms with Gasteiger partial charge in [-0.15, -0.1) is 0 Å². The number of ketones is 1. The lowest BCUT2D eigenvalue weighted by Gasteiger charge is -2.19. The molecular weight excluding hydrogens is 216 g/mol. The SMILES string of the molecule is CCOC(C(=O)CCc1cnn(C)c1)C(C)C. The van der Waals surface area contributed by atoms with E-state index in [0.717, 1.165) is 12.0 Å². The van der Waals surface area contributed by atoms with Crippen molar-refractivity contribution in [2.75, 3.05) is 6.61 Å². The van der Waals surface area contributed by atoms with Crippen molar-refractivity contribution in [1.29, 1.82) is 0 Å². The van der Waals surface area contributed by atoms with Crippen LogP contribution in [0.25, 0.3) is 0 Å². The molecule has 4 nitrogen and oxygen atoms in total. The molecule has 0 aliphatic carbocycles. The summed E-state index contributed by atoms with van der Waals surface area (Å²) in [5.41, 5.74) is 1.10. The van der Waals surface area contributed by atoms with Crippen LogP contribution in [0.2, 0.25) is 0 Å². The van der Waals surface area contributed by atoms with Gasteiger partial charge in [0.25, 0.3) is 0 Å². The van der Waals surface area contributed by atoms with Crippen LogP contribution in [0.3, 0.4) is 0 Å². The maximum absolute atomic E-state index is 12.0. The molecule has 0 radical (unpaired) electrons. The molecule has 0 fully saturated rings. The Morgan fingerprint density at radius 3 is 2.71 bits per heavy atom. The number of carbonyl (C=O) groups is 1. The number of aryl methyl sites for hydroxylation is 2. The molecule has 0 saturated carbocycles. The molecule has 1 aromatic heterocycles. The van der Waals surface area contributed by atoms with Crippen LogP contribution < -0.4 is 0 Å². The second kappa shape index (κ2) is 6.55. The van der Waals surface area contributed by atoms with E-state index in [9.17, 15) is 4.79 Å². The summed E-state index contributed by atoms with van der Waals surface area (Å²) in [6.07, 6.45) is 4.74. The van der Waals surface area contributed by atoms with Gasteiger partial charge in [-0.1, -0.05) is 13.8 Å². The highest BCUT2D eigenvalue weighted by molar-refractivity contribution is 5.83. The minimum absolute atomic E-state index is 0.186. The Kier molecular flexibility index (Phi) is 5.35. The van der Waals surface area contributed by atoms with Crippen LogP contribution in [0.1, 0.15) is 32.8 Å². The molecule has 0 aromatic carbocycles. The van der Waals surface area contributed by atoms with Gasteiger partial charge < -0.3 is 4.74 Å². The Hall–Kier alpha value is -1.16. The number of carbonyl (C=O) groups excluding carboxylic acids is 1. The van der Waals surface area contributed by atoms with Crippen molar-refractivity contribution in [1.82, 2.24) is 9.78 Å². The van der Waals surface area contributed by atoms with E-state index in [1.54, 1.807) is 10.9 Å². The van der Waals surface area contributed by atoms with Gasteiger partial charge in [0.05, 0.1) is 6.20 Å². The topological polar surface area (TPSA) is 44.1 Å². The third kappa shape index (κ3) is 4.30. The zero-order valence-electron chi connectivity index (χ0n) is 11.1. The molecule has 1 heterocycles. The molecule has 0 aliphatic rings. The van der Waals surface area contributed by atoms with Crippen molar-refractivity contribution in [2.45, 2.75) is 39.7 Å². The smallest absolute Gasteiger partial charge is 0.162 e. The zero-order chi connectivity index (χ0) is 12.8. The van der Waals surface area contributed by atoms with Crippen LogP contribution in [-0.4, -0.2) is 28.3 Å². The Bertz CT molecular complexity index is 358. The molecule has 0 N–H and O–H groups in total. The first-order valence-electron chi connectivity index (χ1n) is 6.16. The first-order chi connectivity index (χ1) is 8.04. The highest BCUT2D eigenvalue weighted by Gasteiger charge is 2.21. The maximum atomic E-state index is 12.0.